The van der Waals surface area contributed by atoms with Gasteiger partial charge in [-0.2, -0.15) is 4.99 Å². The van der Waals surface area contributed by atoms with Crippen LogP contribution in [0.15, 0.2) is 76.9 Å². The van der Waals surface area contributed by atoms with E-state index in [0.29, 0.717) is 17.3 Å². The van der Waals surface area contributed by atoms with E-state index in [9.17, 15) is 4.79 Å². The van der Waals surface area contributed by atoms with Gasteiger partial charge in [-0.25, -0.2) is 4.99 Å². The lowest BCUT2D eigenvalue weighted by Gasteiger charge is -2.11. The van der Waals surface area contributed by atoms with Crippen LogP contribution in [-0.4, -0.2) is 23.7 Å². The van der Waals surface area contributed by atoms with Gasteiger partial charge in [-0.05, 0) is 36.4 Å². The molecule has 0 bridgehead atoms. The molecule has 0 aromatic heterocycles. The topological polar surface area (TPSA) is 63.0 Å². The van der Waals surface area contributed by atoms with E-state index in [1.165, 1.54) is 0 Å². The van der Waals surface area contributed by atoms with Gasteiger partial charge in [0.1, 0.15) is 0 Å². The van der Waals surface area contributed by atoms with Crippen LogP contribution in [0.4, 0.5) is 5.69 Å². The van der Waals surface area contributed by atoms with Crippen LogP contribution in [0.3, 0.4) is 0 Å². The predicted octanol–water partition coefficient (Wildman–Crippen LogP) is 3.40. The number of hydrogen-bond donors (Lipinski definition) is 1. The number of nitrogens with one attached hydrogen (secondary N) is 1. The largest absolute Gasteiger partial charge is 0.465 e. The summed E-state index contributed by atoms with van der Waals surface area (Å²) >= 11 is 0. The first kappa shape index (κ1) is 14.4. The van der Waals surface area contributed by atoms with Crippen LogP contribution in [0.1, 0.15) is 22.3 Å². The molecule has 1 unspecified atom stereocenters. The van der Waals surface area contributed by atoms with E-state index in [0.717, 1.165) is 17.7 Å². The maximum absolute atomic E-state index is 12.1. The average Bonchev–Trinajstić information content (AvgIpc) is 3.07. The number of benzene rings is 2. The number of aliphatic imine (C=N–C) groups is 2. The Morgan fingerprint density at radius 3 is 2.62 bits per heavy atom. The molecule has 1 atom stereocenters. The lowest BCUT2D eigenvalue weighted by molar-refractivity contribution is 0.102. The summed E-state index contributed by atoms with van der Waals surface area (Å²) in [5, 5.41) is 2.87. The fraction of sp³-hybridized carbons (Fsp3) is 0.105. The third-order valence-electron chi connectivity index (χ3n) is 3.85. The van der Waals surface area contributed by atoms with Crippen LogP contribution in [-0.2, 0) is 4.74 Å². The number of amides is 1. The van der Waals surface area contributed by atoms with Gasteiger partial charge < -0.3 is 10.1 Å². The van der Waals surface area contributed by atoms with Crippen molar-refractivity contribution in [3.05, 3.63) is 78.0 Å². The van der Waals surface area contributed by atoms with Crippen molar-refractivity contribution in [2.24, 2.45) is 9.98 Å². The molecule has 2 heterocycles. The van der Waals surface area contributed by atoms with Crippen molar-refractivity contribution in [3.63, 3.8) is 0 Å². The van der Waals surface area contributed by atoms with E-state index in [2.05, 4.69) is 15.3 Å². The van der Waals surface area contributed by atoms with Gasteiger partial charge in [0, 0.05) is 29.4 Å². The molecular weight excluding hydrogens is 302 g/mol. The molecule has 1 N–H and O–H groups in total. The van der Waals surface area contributed by atoms with Crippen molar-refractivity contribution in [2.75, 3.05) is 5.32 Å². The van der Waals surface area contributed by atoms with Crippen LogP contribution in [0.2, 0.25) is 0 Å². The van der Waals surface area contributed by atoms with Crippen molar-refractivity contribution >= 4 is 23.3 Å². The summed E-state index contributed by atoms with van der Waals surface area (Å²) in [4.78, 5) is 20.8. The third-order valence-corrected chi connectivity index (χ3v) is 3.85. The van der Waals surface area contributed by atoms with E-state index >= 15 is 0 Å². The van der Waals surface area contributed by atoms with Crippen molar-refractivity contribution in [2.45, 2.75) is 12.5 Å². The minimum absolute atomic E-state index is 0.0811. The number of amidine groups is 1. The van der Waals surface area contributed by atoms with Crippen LogP contribution < -0.4 is 5.32 Å². The molecule has 0 fully saturated rings. The van der Waals surface area contributed by atoms with E-state index in [1.807, 2.05) is 48.5 Å². The van der Waals surface area contributed by atoms with Gasteiger partial charge in [0.25, 0.3) is 5.91 Å². The minimum atomic E-state index is -0.135. The summed E-state index contributed by atoms with van der Waals surface area (Å²) < 4.78 is 5.82. The number of hydrogen-bond acceptors (Lipinski definition) is 4. The molecule has 0 saturated heterocycles. The van der Waals surface area contributed by atoms with Gasteiger partial charge in [0.15, 0.2) is 11.9 Å². The van der Waals surface area contributed by atoms with Gasteiger partial charge in [-0.15, -0.1) is 0 Å². The third kappa shape index (κ3) is 2.84. The van der Waals surface area contributed by atoms with E-state index in [4.69, 9.17) is 4.74 Å². The highest BCUT2D eigenvalue weighted by Crippen LogP contribution is 2.21. The molecule has 0 radical (unpaired) electrons. The maximum atomic E-state index is 12.1. The molecule has 5 heteroatoms. The van der Waals surface area contributed by atoms with Crippen molar-refractivity contribution in [3.8, 4) is 0 Å². The molecule has 2 aromatic rings. The van der Waals surface area contributed by atoms with Gasteiger partial charge >= 0.3 is 0 Å². The van der Waals surface area contributed by atoms with E-state index < -0.39 is 0 Å². The summed E-state index contributed by atoms with van der Waals surface area (Å²) in [5.74, 6) is 1.15. The molecule has 0 saturated carbocycles. The molecular formula is C19H15N3O2. The smallest absolute Gasteiger partial charge is 0.255 e. The molecule has 24 heavy (non-hydrogen) atoms. The zero-order valence-electron chi connectivity index (χ0n) is 12.8. The molecule has 4 rings (SSSR count). The fourth-order valence-corrected chi connectivity index (χ4v) is 2.59. The zero-order chi connectivity index (χ0) is 16.4. The first-order valence-corrected chi connectivity index (χ1v) is 7.74. The van der Waals surface area contributed by atoms with Crippen LogP contribution in [0.5, 0.6) is 0 Å². The summed E-state index contributed by atoms with van der Waals surface area (Å²) in [7, 11) is 0. The molecule has 0 spiro atoms. The molecule has 118 valence electrons. The minimum Gasteiger partial charge on any atom is -0.465 e. The van der Waals surface area contributed by atoms with Gasteiger partial charge in [0.2, 0.25) is 5.90 Å². The quantitative estimate of drug-likeness (QED) is 0.943. The lowest BCUT2D eigenvalue weighted by atomic mass is 10.2. The first-order valence-electron chi connectivity index (χ1n) is 7.74. The fourth-order valence-electron chi connectivity index (χ4n) is 2.59. The molecule has 1 amide bonds. The summed E-state index contributed by atoms with van der Waals surface area (Å²) in [6.45, 7) is 0. The number of nitrogens with zero attached hydrogens (tertiary/aromatic N) is 2. The van der Waals surface area contributed by atoms with Crippen molar-refractivity contribution in [1.82, 2.24) is 0 Å². The number of carbonyl (C=O) groups is 1. The number of anilines is 1. The van der Waals surface area contributed by atoms with E-state index in [1.54, 1.807) is 18.3 Å². The second-order valence-corrected chi connectivity index (χ2v) is 5.53. The Hall–Kier alpha value is -3.21. The summed E-state index contributed by atoms with van der Waals surface area (Å²) in [6.07, 6.45) is 4.43. The molecule has 2 aromatic carbocycles. The number of carbonyl (C=O) groups excluding carboxylic acids is 1. The summed E-state index contributed by atoms with van der Waals surface area (Å²) in [6, 6.07) is 16.5. The second-order valence-electron chi connectivity index (χ2n) is 5.53. The Balaban J connectivity index is 1.48. The standard InChI is InChI=1S/C19H15N3O2/c23-18(13-5-2-1-3-6-13)21-15-10-8-14(9-11-15)19-22-17-16(24-19)7-4-12-20-17/h1-6,8-12,16H,7H2,(H,21,23). The van der Waals surface area contributed by atoms with Crippen LogP contribution in [0, 0.1) is 0 Å². The van der Waals surface area contributed by atoms with Crippen LogP contribution >= 0.6 is 0 Å². The zero-order valence-corrected chi connectivity index (χ0v) is 12.8. The maximum Gasteiger partial charge on any atom is 0.255 e. The number of rotatable bonds is 3. The Morgan fingerprint density at radius 1 is 1.08 bits per heavy atom. The van der Waals surface area contributed by atoms with Gasteiger partial charge in [-0.1, -0.05) is 24.3 Å². The summed E-state index contributed by atoms with van der Waals surface area (Å²) in [5.41, 5.74) is 2.21. The van der Waals surface area contributed by atoms with Gasteiger partial charge in [-0.3, -0.25) is 4.79 Å². The molecule has 2 aliphatic rings. The highest BCUT2D eigenvalue weighted by atomic mass is 16.5. The first-order chi connectivity index (χ1) is 11.8. The highest BCUT2D eigenvalue weighted by Gasteiger charge is 2.27. The molecule has 5 nitrogen and oxygen atoms in total. The predicted molar refractivity (Wildman–Crippen MR) is 93.4 cm³/mol. The van der Waals surface area contributed by atoms with E-state index in [-0.39, 0.29) is 12.0 Å². The van der Waals surface area contributed by atoms with Crippen LogP contribution in [0.25, 0.3) is 0 Å². The normalized spacial score (nSPS) is 18.2. The Morgan fingerprint density at radius 2 is 1.88 bits per heavy atom. The SMILES string of the molecule is O=C(Nc1ccc(C2=NC3=NC=CCC3O2)cc1)c1ccccc1. The number of ether oxygens (including phenoxy) is 1. The number of fused-ring (bicyclic) bond motifs is 1. The lowest BCUT2D eigenvalue weighted by Crippen LogP contribution is -2.18. The Labute approximate surface area is 139 Å². The molecule has 2 aliphatic heterocycles. The Kier molecular flexibility index (Phi) is 3.67. The van der Waals surface area contributed by atoms with Crippen molar-refractivity contribution < 1.29 is 9.53 Å². The monoisotopic (exact) mass is 317 g/mol. The Bertz CT molecular complexity index is 852. The second kappa shape index (κ2) is 6.12. The highest BCUT2D eigenvalue weighted by molar-refractivity contribution is 6.10. The molecule has 0 aliphatic carbocycles. The van der Waals surface area contributed by atoms with Gasteiger partial charge in [0.05, 0.1) is 0 Å². The average molecular weight is 317 g/mol. The van der Waals surface area contributed by atoms with Crippen molar-refractivity contribution in [1.29, 1.82) is 0 Å².